The summed E-state index contributed by atoms with van der Waals surface area (Å²) in [7, 11) is -3.79. The van der Waals surface area contributed by atoms with Gasteiger partial charge in [0.15, 0.2) is 9.84 Å². The molecule has 0 radical (unpaired) electrons. The predicted molar refractivity (Wildman–Crippen MR) is 123 cm³/mol. The van der Waals surface area contributed by atoms with Gasteiger partial charge in [-0.05, 0) is 64.9 Å². The number of hydrogen-bond acceptors (Lipinski definition) is 3. The van der Waals surface area contributed by atoms with Gasteiger partial charge in [-0.15, -0.1) is 0 Å². The molecule has 3 aromatic carbocycles. The second kappa shape index (κ2) is 6.78. The van der Waals surface area contributed by atoms with E-state index in [1.807, 2.05) is 55.5 Å². The summed E-state index contributed by atoms with van der Waals surface area (Å²) in [5.74, 6) is -1.46. The number of halogens is 1. The van der Waals surface area contributed by atoms with E-state index in [9.17, 15) is 18.3 Å². The van der Waals surface area contributed by atoms with Crippen molar-refractivity contribution in [2.45, 2.75) is 30.1 Å². The molecule has 0 spiro atoms. The maximum atomic E-state index is 13.4. The molecule has 6 heteroatoms. The summed E-state index contributed by atoms with van der Waals surface area (Å²) < 4.78 is 27.7. The lowest BCUT2D eigenvalue weighted by molar-refractivity contribution is -0.143. The Morgan fingerprint density at radius 1 is 1.00 bits per heavy atom. The van der Waals surface area contributed by atoms with Crippen molar-refractivity contribution in [3.63, 3.8) is 0 Å². The van der Waals surface area contributed by atoms with Gasteiger partial charge in [0.2, 0.25) is 0 Å². The number of hydrogen-bond donors (Lipinski definition) is 1. The van der Waals surface area contributed by atoms with E-state index in [4.69, 9.17) is 0 Å². The summed E-state index contributed by atoms with van der Waals surface area (Å²) in [5.41, 5.74) is 3.10. The van der Waals surface area contributed by atoms with Gasteiger partial charge in [0.1, 0.15) is 0 Å². The Morgan fingerprint density at radius 2 is 1.65 bits per heavy atom. The van der Waals surface area contributed by atoms with E-state index in [0.717, 1.165) is 32.3 Å². The minimum absolute atomic E-state index is 0.195. The van der Waals surface area contributed by atoms with E-state index in [1.54, 1.807) is 12.1 Å². The highest BCUT2D eigenvalue weighted by Gasteiger charge is 2.71. The van der Waals surface area contributed by atoms with Crippen molar-refractivity contribution in [2.24, 2.45) is 5.41 Å². The Bertz CT molecular complexity index is 1330. The smallest absolute Gasteiger partial charge is 0.311 e. The van der Waals surface area contributed by atoms with Gasteiger partial charge in [-0.1, -0.05) is 65.3 Å². The molecule has 0 saturated heterocycles. The number of carboxylic acids is 1. The van der Waals surface area contributed by atoms with Crippen molar-refractivity contribution < 1.29 is 18.3 Å². The number of sulfone groups is 1. The van der Waals surface area contributed by atoms with Crippen LogP contribution >= 0.6 is 15.9 Å². The largest absolute Gasteiger partial charge is 0.481 e. The fraction of sp³-hybridized carbons (Fsp3) is 0.240. The molecule has 3 aromatic rings. The quantitative estimate of drug-likeness (QED) is 0.410. The molecule has 2 aliphatic carbocycles. The third-order valence-corrected chi connectivity index (χ3v) is 9.36. The first-order valence-corrected chi connectivity index (χ1v) is 12.5. The lowest BCUT2D eigenvalue weighted by Crippen LogP contribution is -2.32. The SMILES string of the molecule is C[C@]1(c2ccccc2)C[C@@]1(CS(=O)(=O)c1ccc2c(c1)Cc1cc(Br)ccc1-2)C(=O)O. The fourth-order valence-electron chi connectivity index (χ4n) is 5.08. The molecule has 0 heterocycles. The Balaban J connectivity index is 1.49. The van der Waals surface area contributed by atoms with Crippen LogP contribution in [-0.4, -0.2) is 25.2 Å². The molecule has 0 bridgehead atoms. The summed E-state index contributed by atoms with van der Waals surface area (Å²) in [6, 6.07) is 20.6. The molecular weight excluding hydrogens is 476 g/mol. The van der Waals surface area contributed by atoms with Crippen LogP contribution in [0, 0.1) is 5.41 Å². The van der Waals surface area contributed by atoms with Crippen molar-refractivity contribution in [1.29, 1.82) is 0 Å². The number of rotatable bonds is 5. The highest BCUT2D eigenvalue weighted by molar-refractivity contribution is 9.10. The number of aliphatic carboxylic acids is 1. The van der Waals surface area contributed by atoms with Crippen molar-refractivity contribution in [1.82, 2.24) is 0 Å². The van der Waals surface area contributed by atoms with Gasteiger partial charge in [0.25, 0.3) is 0 Å². The Kier molecular flexibility index (Phi) is 4.47. The average molecular weight is 497 g/mol. The van der Waals surface area contributed by atoms with Crippen molar-refractivity contribution in [3.05, 3.63) is 87.9 Å². The van der Waals surface area contributed by atoms with Crippen LogP contribution in [0.15, 0.2) is 76.1 Å². The fourth-order valence-corrected chi connectivity index (χ4v) is 7.45. The highest BCUT2D eigenvalue weighted by Crippen LogP contribution is 2.65. The van der Waals surface area contributed by atoms with Crippen molar-refractivity contribution >= 4 is 31.7 Å². The molecular formula is C25H21BrO4S. The summed E-state index contributed by atoms with van der Waals surface area (Å²) in [6.07, 6.45) is 0.974. The molecule has 4 nitrogen and oxygen atoms in total. The summed E-state index contributed by atoms with van der Waals surface area (Å²) in [4.78, 5) is 12.5. The lowest BCUT2D eigenvalue weighted by Gasteiger charge is -2.20. The van der Waals surface area contributed by atoms with Crippen LogP contribution in [0.1, 0.15) is 30.0 Å². The molecule has 5 rings (SSSR count). The molecule has 31 heavy (non-hydrogen) atoms. The predicted octanol–water partition coefficient (Wildman–Crippen LogP) is 5.23. The van der Waals surface area contributed by atoms with Crippen LogP contribution < -0.4 is 0 Å². The van der Waals surface area contributed by atoms with Crippen LogP contribution in [0.5, 0.6) is 0 Å². The molecule has 0 aliphatic heterocycles. The maximum absolute atomic E-state index is 13.4. The Hall–Kier alpha value is -2.44. The number of carbonyl (C=O) groups is 1. The number of benzene rings is 3. The van der Waals surface area contributed by atoms with Crippen molar-refractivity contribution in [3.8, 4) is 11.1 Å². The second-order valence-corrected chi connectivity index (χ2v) is 11.7. The van der Waals surface area contributed by atoms with Crippen LogP contribution in [0.4, 0.5) is 0 Å². The van der Waals surface area contributed by atoms with E-state index in [0.29, 0.717) is 12.8 Å². The second-order valence-electron chi connectivity index (χ2n) is 8.82. The molecule has 1 fully saturated rings. The molecule has 0 aromatic heterocycles. The zero-order chi connectivity index (χ0) is 22.0. The van der Waals surface area contributed by atoms with Crippen LogP contribution in [-0.2, 0) is 26.5 Å². The lowest BCUT2D eigenvalue weighted by atomic mass is 9.89. The normalized spacial score (nSPS) is 23.8. The van der Waals surface area contributed by atoms with Gasteiger partial charge in [-0.3, -0.25) is 4.79 Å². The third-order valence-electron chi connectivity index (χ3n) is 7.02. The van der Waals surface area contributed by atoms with E-state index < -0.39 is 32.4 Å². The van der Waals surface area contributed by atoms with E-state index in [1.165, 1.54) is 0 Å². The van der Waals surface area contributed by atoms with Gasteiger partial charge in [0, 0.05) is 9.89 Å². The standard InChI is InChI=1S/C25H21BrO4S/c1-24(18-5-3-2-4-6-18)14-25(24,23(27)28)15-31(29,30)20-8-10-22-17(13-20)11-16-12-19(26)7-9-21(16)22/h2-10,12-13H,11,14-15H2,1H3,(H,27,28)/t24-,25-/m1/s1. The summed E-state index contributed by atoms with van der Waals surface area (Å²) in [6.45, 7) is 1.85. The van der Waals surface area contributed by atoms with Gasteiger partial charge < -0.3 is 5.11 Å². The number of fused-ring (bicyclic) bond motifs is 3. The minimum Gasteiger partial charge on any atom is -0.481 e. The molecule has 1 N–H and O–H groups in total. The molecule has 0 unspecified atom stereocenters. The topological polar surface area (TPSA) is 71.4 Å². The van der Waals surface area contributed by atoms with Gasteiger partial charge in [-0.2, -0.15) is 0 Å². The average Bonchev–Trinajstić information content (AvgIpc) is 3.18. The molecule has 2 atom stereocenters. The maximum Gasteiger partial charge on any atom is 0.311 e. The first-order chi connectivity index (χ1) is 14.7. The van der Waals surface area contributed by atoms with E-state index >= 15 is 0 Å². The van der Waals surface area contributed by atoms with Crippen LogP contribution in [0.2, 0.25) is 0 Å². The Morgan fingerprint density at radius 3 is 2.32 bits per heavy atom. The number of carboxylic acid groups (broad SMARTS) is 1. The highest BCUT2D eigenvalue weighted by atomic mass is 79.9. The monoisotopic (exact) mass is 496 g/mol. The summed E-state index contributed by atoms with van der Waals surface area (Å²) in [5, 5.41) is 10.0. The van der Waals surface area contributed by atoms with Crippen LogP contribution in [0.25, 0.3) is 11.1 Å². The third kappa shape index (κ3) is 3.07. The van der Waals surface area contributed by atoms with Gasteiger partial charge >= 0.3 is 5.97 Å². The van der Waals surface area contributed by atoms with E-state index in [2.05, 4.69) is 22.0 Å². The van der Waals surface area contributed by atoms with Gasteiger partial charge in [0.05, 0.1) is 16.1 Å². The molecule has 2 aliphatic rings. The zero-order valence-corrected chi connectivity index (χ0v) is 19.3. The zero-order valence-electron chi connectivity index (χ0n) is 16.9. The summed E-state index contributed by atoms with van der Waals surface area (Å²) >= 11 is 3.49. The minimum atomic E-state index is -3.79. The molecule has 1 saturated carbocycles. The van der Waals surface area contributed by atoms with Gasteiger partial charge in [-0.25, -0.2) is 8.42 Å². The molecule has 158 valence electrons. The van der Waals surface area contributed by atoms with E-state index in [-0.39, 0.29) is 4.90 Å². The van der Waals surface area contributed by atoms with Crippen LogP contribution in [0.3, 0.4) is 0 Å². The Labute approximate surface area is 190 Å². The van der Waals surface area contributed by atoms with Crippen molar-refractivity contribution in [2.75, 3.05) is 5.75 Å². The molecule has 0 amide bonds. The first-order valence-electron chi connectivity index (χ1n) is 10.1. The first kappa shape index (κ1) is 20.5.